The molecule has 50 valence electrons. The van der Waals surface area contributed by atoms with Gasteiger partial charge in [-0.25, -0.2) is 8.78 Å². The second kappa shape index (κ2) is 2.58. The summed E-state index contributed by atoms with van der Waals surface area (Å²) in [6, 6.07) is 1.93. The van der Waals surface area contributed by atoms with Crippen molar-refractivity contribution in [3.63, 3.8) is 0 Å². The fraction of sp³-hybridized carbons (Fsp3) is 0. The molecule has 0 fully saturated rings. The van der Waals surface area contributed by atoms with Gasteiger partial charge in [0.1, 0.15) is 24.5 Å². The van der Waals surface area contributed by atoms with Crippen LogP contribution < -0.4 is 5.46 Å². The monoisotopic (exact) mass is 158 g/mol. The van der Waals surface area contributed by atoms with Gasteiger partial charge in [-0.3, -0.25) is 0 Å². The van der Waals surface area contributed by atoms with Gasteiger partial charge in [0.15, 0.2) is 0 Å². The molecule has 0 heterocycles. The zero-order valence-electron chi connectivity index (χ0n) is 4.87. The molecule has 0 aliphatic rings. The van der Waals surface area contributed by atoms with Crippen molar-refractivity contribution in [3.8, 4) is 0 Å². The predicted octanol–water partition coefficient (Wildman–Crippen LogP) is 1.41. The van der Waals surface area contributed by atoms with E-state index in [2.05, 4.69) is 0 Å². The molecular weight excluding hydrogens is 156 g/mol. The smallest absolute Gasteiger partial charge is 0.144 e. The second-order valence-corrected chi connectivity index (χ2v) is 2.18. The lowest BCUT2D eigenvalue weighted by molar-refractivity contribution is 0.586. The van der Waals surface area contributed by atoms with Gasteiger partial charge in [0.25, 0.3) is 0 Å². The van der Waals surface area contributed by atoms with Crippen molar-refractivity contribution < 1.29 is 8.78 Å². The summed E-state index contributed by atoms with van der Waals surface area (Å²) in [5.41, 5.74) is 0.0272. The quantitative estimate of drug-likeness (QED) is 0.396. The molecule has 0 saturated carbocycles. The van der Waals surface area contributed by atoms with Crippen molar-refractivity contribution in [1.29, 1.82) is 0 Å². The molecule has 0 saturated heterocycles. The second-order valence-electron chi connectivity index (χ2n) is 1.80. The van der Waals surface area contributed by atoms with E-state index in [1.54, 1.807) is 0 Å². The Balaban J connectivity index is 3.31. The molecule has 4 heteroatoms. The number of hydrogen-bond acceptors (Lipinski definition) is 0. The van der Waals surface area contributed by atoms with Crippen molar-refractivity contribution in [2.75, 3.05) is 0 Å². The van der Waals surface area contributed by atoms with Crippen molar-refractivity contribution in [2.45, 2.75) is 0 Å². The summed E-state index contributed by atoms with van der Waals surface area (Å²) in [5, 5.41) is -0.519. The summed E-state index contributed by atoms with van der Waals surface area (Å²) in [6.07, 6.45) is 0. The molecule has 0 atom stereocenters. The third-order valence-electron chi connectivity index (χ3n) is 1.01. The number of rotatable bonds is 0. The number of halogens is 3. The van der Waals surface area contributed by atoms with E-state index in [4.69, 9.17) is 19.4 Å². The lowest BCUT2D eigenvalue weighted by Crippen LogP contribution is -2.04. The fourth-order valence-electron chi connectivity index (χ4n) is 0.575. The Morgan fingerprint density at radius 1 is 1.20 bits per heavy atom. The van der Waals surface area contributed by atoms with Gasteiger partial charge in [-0.05, 0) is 12.1 Å². The average Bonchev–Trinajstić information content (AvgIpc) is 1.82. The topological polar surface area (TPSA) is 0 Å². The van der Waals surface area contributed by atoms with Crippen LogP contribution in [0.2, 0.25) is 5.02 Å². The van der Waals surface area contributed by atoms with Crippen molar-refractivity contribution in [3.05, 3.63) is 28.8 Å². The van der Waals surface area contributed by atoms with Gasteiger partial charge in [0, 0.05) is 0 Å². The molecule has 1 aromatic rings. The summed E-state index contributed by atoms with van der Waals surface area (Å²) >= 11 is 5.14. The van der Waals surface area contributed by atoms with Crippen LogP contribution >= 0.6 is 11.6 Å². The highest BCUT2D eigenvalue weighted by molar-refractivity contribution is 6.34. The van der Waals surface area contributed by atoms with E-state index in [0.717, 1.165) is 12.1 Å². The lowest BCUT2D eigenvalue weighted by atomic mass is 9.96. The third kappa shape index (κ3) is 1.29. The molecule has 0 aliphatic carbocycles. The van der Waals surface area contributed by atoms with Gasteiger partial charge in [-0.2, -0.15) is 0 Å². The van der Waals surface area contributed by atoms with E-state index in [9.17, 15) is 8.78 Å². The maximum absolute atomic E-state index is 12.4. The normalized spacial score (nSPS) is 9.90. The van der Waals surface area contributed by atoms with Gasteiger partial charge in [-0.1, -0.05) is 17.1 Å². The highest BCUT2D eigenvalue weighted by Gasteiger charge is 2.05. The zero-order chi connectivity index (χ0) is 7.72. The van der Waals surface area contributed by atoms with Crippen LogP contribution in [-0.4, -0.2) is 7.85 Å². The van der Waals surface area contributed by atoms with Crippen molar-refractivity contribution in [1.82, 2.24) is 0 Å². The molecule has 1 rings (SSSR count). The van der Waals surface area contributed by atoms with E-state index in [0.29, 0.717) is 0 Å². The molecule has 2 radical (unpaired) electrons. The summed E-state index contributed by atoms with van der Waals surface area (Å²) in [7, 11) is 5.09. The van der Waals surface area contributed by atoms with Crippen molar-refractivity contribution in [2.24, 2.45) is 0 Å². The van der Waals surface area contributed by atoms with E-state index >= 15 is 0 Å². The van der Waals surface area contributed by atoms with Gasteiger partial charge in [-0.15, -0.1) is 0 Å². The van der Waals surface area contributed by atoms with Crippen LogP contribution in [0.1, 0.15) is 0 Å². The van der Waals surface area contributed by atoms with Crippen LogP contribution in [0.25, 0.3) is 0 Å². The predicted molar refractivity (Wildman–Crippen MR) is 36.8 cm³/mol. The maximum atomic E-state index is 12.4. The van der Waals surface area contributed by atoms with Gasteiger partial charge >= 0.3 is 0 Å². The largest absolute Gasteiger partial charge is 0.205 e. The Morgan fingerprint density at radius 2 is 1.60 bits per heavy atom. The Labute approximate surface area is 63.2 Å². The molecule has 0 amide bonds. The summed E-state index contributed by atoms with van der Waals surface area (Å²) in [6.45, 7) is 0. The first-order valence-electron chi connectivity index (χ1n) is 2.51. The molecule has 0 aliphatic heterocycles. The van der Waals surface area contributed by atoms with Crippen LogP contribution in [0, 0.1) is 11.6 Å². The third-order valence-corrected chi connectivity index (χ3v) is 1.37. The Bertz CT molecular complexity index is 239. The zero-order valence-corrected chi connectivity index (χ0v) is 5.62. The summed E-state index contributed by atoms with van der Waals surface area (Å²) < 4.78 is 24.8. The molecule has 0 unspecified atom stereocenters. The summed E-state index contributed by atoms with van der Waals surface area (Å²) in [4.78, 5) is 0. The fourth-order valence-corrected chi connectivity index (χ4v) is 0.684. The molecule has 0 spiro atoms. The van der Waals surface area contributed by atoms with Gasteiger partial charge in [0.2, 0.25) is 0 Å². The summed E-state index contributed by atoms with van der Waals surface area (Å²) in [5.74, 6) is -1.67. The first-order valence-corrected chi connectivity index (χ1v) is 2.89. The minimum atomic E-state index is -0.834. The van der Waals surface area contributed by atoms with Crippen LogP contribution in [-0.2, 0) is 0 Å². The molecule has 1 aromatic carbocycles. The van der Waals surface area contributed by atoms with Crippen LogP contribution in [0.3, 0.4) is 0 Å². The first kappa shape index (κ1) is 7.54. The highest BCUT2D eigenvalue weighted by atomic mass is 35.5. The van der Waals surface area contributed by atoms with E-state index in [-0.39, 0.29) is 5.46 Å². The average molecular weight is 158 g/mol. The molecule has 0 N–H and O–H groups in total. The SMILES string of the molecule is [B]c1cc(F)c(Cl)c(F)c1. The number of benzene rings is 1. The highest BCUT2D eigenvalue weighted by Crippen LogP contribution is 2.15. The molecule has 10 heavy (non-hydrogen) atoms. The molecule has 0 aromatic heterocycles. The Hall–Kier alpha value is -0.565. The first-order chi connectivity index (χ1) is 4.61. The number of hydrogen-bond donors (Lipinski definition) is 0. The standard InChI is InChI=1S/C6H2BClF2/c7-3-1-4(9)6(8)5(10)2-3/h1-2H. The lowest BCUT2D eigenvalue weighted by Gasteiger charge is -1.96. The van der Waals surface area contributed by atoms with E-state index in [1.807, 2.05) is 0 Å². The molecule has 0 nitrogen and oxygen atoms in total. The van der Waals surface area contributed by atoms with Crippen molar-refractivity contribution >= 4 is 24.9 Å². The van der Waals surface area contributed by atoms with Crippen LogP contribution in [0.15, 0.2) is 12.1 Å². The molecule has 0 bridgehead atoms. The Morgan fingerprint density at radius 3 is 2.00 bits per heavy atom. The van der Waals surface area contributed by atoms with Crippen LogP contribution in [0.5, 0.6) is 0 Å². The van der Waals surface area contributed by atoms with E-state index in [1.165, 1.54) is 0 Å². The van der Waals surface area contributed by atoms with E-state index < -0.39 is 16.7 Å². The van der Waals surface area contributed by atoms with Gasteiger partial charge in [0.05, 0.1) is 0 Å². The minimum absolute atomic E-state index is 0.0272. The van der Waals surface area contributed by atoms with Crippen LogP contribution in [0.4, 0.5) is 8.78 Å². The van der Waals surface area contributed by atoms with Gasteiger partial charge < -0.3 is 0 Å². The minimum Gasteiger partial charge on any atom is -0.205 e. The maximum Gasteiger partial charge on any atom is 0.144 e. The Kier molecular flexibility index (Phi) is 1.95. The molecular formula is C6H2BClF2.